The van der Waals surface area contributed by atoms with Crippen molar-refractivity contribution in [2.45, 2.75) is 12.8 Å². The topological polar surface area (TPSA) is 24.5 Å². The van der Waals surface area contributed by atoms with Gasteiger partial charge in [0.2, 0.25) is 0 Å². The van der Waals surface area contributed by atoms with E-state index in [1.165, 1.54) is 0 Å². The first-order chi connectivity index (χ1) is 7.18. The van der Waals surface area contributed by atoms with Crippen molar-refractivity contribution in [3.8, 4) is 0 Å². The standard InChI is InChI=1S/C10H20F2N2O/c1-14(7-10(11)12)4-3-13-6-9-2-5-15-8-9/h9-10,13H,2-8H2,1H3. The van der Waals surface area contributed by atoms with Crippen molar-refractivity contribution in [1.82, 2.24) is 10.2 Å². The molecule has 1 atom stereocenters. The van der Waals surface area contributed by atoms with Gasteiger partial charge < -0.3 is 10.1 Å². The molecule has 1 rings (SSSR count). The summed E-state index contributed by atoms with van der Waals surface area (Å²) in [6.07, 6.45) is -1.13. The molecule has 0 aliphatic carbocycles. The van der Waals surface area contributed by atoms with Gasteiger partial charge in [0.15, 0.2) is 0 Å². The molecular formula is C10H20F2N2O. The molecule has 5 heteroatoms. The average molecular weight is 222 g/mol. The third-order valence-electron chi connectivity index (χ3n) is 2.58. The maximum atomic E-state index is 12.0. The highest BCUT2D eigenvalue weighted by atomic mass is 19.3. The van der Waals surface area contributed by atoms with Gasteiger partial charge in [-0.25, -0.2) is 8.78 Å². The van der Waals surface area contributed by atoms with Gasteiger partial charge in [0.05, 0.1) is 13.2 Å². The average Bonchev–Trinajstić information content (AvgIpc) is 2.63. The lowest BCUT2D eigenvalue weighted by molar-refractivity contribution is 0.101. The molecule has 1 fully saturated rings. The molecule has 1 aliphatic heterocycles. The van der Waals surface area contributed by atoms with Crippen LogP contribution >= 0.6 is 0 Å². The van der Waals surface area contributed by atoms with E-state index in [-0.39, 0.29) is 6.54 Å². The van der Waals surface area contributed by atoms with Crippen LogP contribution in [0, 0.1) is 5.92 Å². The van der Waals surface area contributed by atoms with Gasteiger partial charge in [-0.1, -0.05) is 0 Å². The Balaban J connectivity index is 1.91. The summed E-state index contributed by atoms with van der Waals surface area (Å²) in [7, 11) is 1.71. The van der Waals surface area contributed by atoms with Crippen LogP contribution in [-0.4, -0.2) is 57.8 Å². The molecule has 3 nitrogen and oxygen atoms in total. The molecule has 0 aromatic heterocycles. The van der Waals surface area contributed by atoms with Gasteiger partial charge in [0.1, 0.15) is 0 Å². The minimum absolute atomic E-state index is 0.145. The van der Waals surface area contributed by atoms with E-state index in [0.717, 1.165) is 32.7 Å². The lowest BCUT2D eigenvalue weighted by Gasteiger charge is -2.16. The minimum atomic E-state index is -2.24. The Morgan fingerprint density at radius 2 is 2.33 bits per heavy atom. The quantitative estimate of drug-likeness (QED) is 0.645. The van der Waals surface area contributed by atoms with Crippen molar-refractivity contribution in [1.29, 1.82) is 0 Å². The summed E-state index contributed by atoms with van der Waals surface area (Å²) < 4.78 is 29.2. The van der Waals surface area contributed by atoms with Crippen molar-refractivity contribution in [3.05, 3.63) is 0 Å². The molecule has 1 unspecified atom stereocenters. The molecule has 0 amide bonds. The number of ether oxygens (including phenoxy) is 1. The fourth-order valence-corrected chi connectivity index (χ4v) is 1.65. The third kappa shape index (κ3) is 6.02. The van der Waals surface area contributed by atoms with Gasteiger partial charge in [0.25, 0.3) is 6.43 Å². The zero-order valence-electron chi connectivity index (χ0n) is 9.22. The fraction of sp³-hybridized carbons (Fsp3) is 1.00. The van der Waals surface area contributed by atoms with E-state index in [0.29, 0.717) is 12.5 Å². The Morgan fingerprint density at radius 3 is 2.93 bits per heavy atom. The lowest BCUT2D eigenvalue weighted by atomic mass is 10.1. The first kappa shape index (κ1) is 12.8. The van der Waals surface area contributed by atoms with E-state index < -0.39 is 6.43 Å². The molecule has 0 spiro atoms. The molecule has 90 valence electrons. The van der Waals surface area contributed by atoms with Crippen molar-refractivity contribution in [2.24, 2.45) is 5.92 Å². The number of halogens is 2. The van der Waals surface area contributed by atoms with Gasteiger partial charge >= 0.3 is 0 Å². The summed E-state index contributed by atoms with van der Waals surface area (Å²) in [6, 6.07) is 0. The summed E-state index contributed by atoms with van der Waals surface area (Å²) in [5.41, 5.74) is 0. The molecule has 1 saturated heterocycles. The van der Waals surface area contributed by atoms with Crippen LogP contribution in [0.5, 0.6) is 0 Å². The molecule has 1 heterocycles. The molecule has 15 heavy (non-hydrogen) atoms. The highest BCUT2D eigenvalue weighted by Gasteiger charge is 2.14. The molecule has 1 N–H and O–H groups in total. The second kappa shape index (κ2) is 7.09. The summed E-state index contributed by atoms with van der Waals surface area (Å²) >= 11 is 0. The van der Waals surface area contributed by atoms with Gasteiger partial charge in [-0.05, 0) is 19.4 Å². The highest BCUT2D eigenvalue weighted by molar-refractivity contribution is 4.67. The summed E-state index contributed by atoms with van der Waals surface area (Å²) in [5, 5.41) is 3.26. The minimum Gasteiger partial charge on any atom is -0.381 e. The van der Waals surface area contributed by atoms with Crippen molar-refractivity contribution in [2.75, 3.05) is 46.4 Å². The van der Waals surface area contributed by atoms with Crippen molar-refractivity contribution in [3.63, 3.8) is 0 Å². The van der Waals surface area contributed by atoms with Crippen molar-refractivity contribution >= 4 is 0 Å². The van der Waals surface area contributed by atoms with Gasteiger partial charge in [-0.3, -0.25) is 4.90 Å². The third-order valence-corrected chi connectivity index (χ3v) is 2.58. The van der Waals surface area contributed by atoms with Crippen LogP contribution in [0.4, 0.5) is 8.78 Å². The number of nitrogens with zero attached hydrogens (tertiary/aromatic N) is 1. The number of hydrogen-bond donors (Lipinski definition) is 1. The van der Waals surface area contributed by atoms with Crippen LogP contribution in [0.3, 0.4) is 0 Å². The van der Waals surface area contributed by atoms with Crippen molar-refractivity contribution < 1.29 is 13.5 Å². The maximum absolute atomic E-state index is 12.0. The lowest BCUT2D eigenvalue weighted by Crippen LogP contribution is -2.34. The Kier molecular flexibility index (Phi) is 6.05. The Bertz CT molecular complexity index is 164. The zero-order chi connectivity index (χ0) is 11.1. The maximum Gasteiger partial charge on any atom is 0.251 e. The number of nitrogens with one attached hydrogen (secondary N) is 1. The van der Waals surface area contributed by atoms with E-state index in [2.05, 4.69) is 5.32 Å². The number of alkyl halides is 2. The predicted molar refractivity (Wildman–Crippen MR) is 55.3 cm³/mol. The summed E-state index contributed by atoms with van der Waals surface area (Å²) in [6.45, 7) is 3.91. The van der Waals surface area contributed by atoms with Gasteiger partial charge in [-0.15, -0.1) is 0 Å². The highest BCUT2D eigenvalue weighted by Crippen LogP contribution is 2.10. The smallest absolute Gasteiger partial charge is 0.251 e. The fourth-order valence-electron chi connectivity index (χ4n) is 1.65. The summed E-state index contributed by atoms with van der Waals surface area (Å²) in [5.74, 6) is 0.602. The van der Waals surface area contributed by atoms with E-state index in [1.807, 2.05) is 0 Å². The monoisotopic (exact) mass is 222 g/mol. The first-order valence-electron chi connectivity index (χ1n) is 5.43. The molecule has 0 aromatic rings. The van der Waals surface area contributed by atoms with E-state index >= 15 is 0 Å². The van der Waals surface area contributed by atoms with Gasteiger partial charge in [-0.2, -0.15) is 0 Å². The molecule has 1 aliphatic rings. The second-order valence-electron chi connectivity index (χ2n) is 4.09. The second-order valence-corrected chi connectivity index (χ2v) is 4.09. The summed E-state index contributed by atoms with van der Waals surface area (Å²) in [4.78, 5) is 1.64. The molecular weight excluding hydrogens is 202 g/mol. The Morgan fingerprint density at radius 1 is 1.53 bits per heavy atom. The van der Waals surface area contributed by atoms with Crippen LogP contribution < -0.4 is 5.32 Å². The predicted octanol–water partition coefficient (Wildman–Crippen LogP) is 0.809. The molecule has 0 radical (unpaired) electrons. The first-order valence-corrected chi connectivity index (χ1v) is 5.43. The van der Waals surface area contributed by atoms with Crippen LogP contribution in [0.2, 0.25) is 0 Å². The Hall–Kier alpha value is -0.260. The van der Waals surface area contributed by atoms with E-state index in [4.69, 9.17) is 4.74 Å². The number of rotatable bonds is 7. The SMILES string of the molecule is CN(CCNCC1CCOC1)CC(F)F. The van der Waals surface area contributed by atoms with Crippen LogP contribution in [0.1, 0.15) is 6.42 Å². The molecule has 0 bridgehead atoms. The van der Waals surface area contributed by atoms with Crippen LogP contribution in [0.25, 0.3) is 0 Å². The van der Waals surface area contributed by atoms with Crippen LogP contribution in [0.15, 0.2) is 0 Å². The number of hydrogen-bond acceptors (Lipinski definition) is 3. The van der Waals surface area contributed by atoms with Crippen LogP contribution in [-0.2, 0) is 4.74 Å². The normalized spacial score (nSPS) is 21.8. The van der Waals surface area contributed by atoms with Gasteiger partial charge in [0, 0.05) is 26.2 Å². The van der Waals surface area contributed by atoms with E-state index in [9.17, 15) is 8.78 Å². The molecule has 0 saturated carbocycles. The van der Waals surface area contributed by atoms with E-state index in [1.54, 1.807) is 11.9 Å². The Labute approximate surface area is 89.8 Å². The zero-order valence-corrected chi connectivity index (χ0v) is 9.22. The number of likely N-dealkylation sites (N-methyl/N-ethyl adjacent to an activating group) is 1. The molecule has 0 aromatic carbocycles. The largest absolute Gasteiger partial charge is 0.381 e.